The summed E-state index contributed by atoms with van der Waals surface area (Å²) < 4.78 is 0.612. The first kappa shape index (κ1) is 13.1. The molecular formula is C13H15BrO2. The van der Waals surface area contributed by atoms with Gasteiger partial charge in [-0.1, -0.05) is 46.3 Å². The van der Waals surface area contributed by atoms with Crippen molar-refractivity contribution in [3.8, 4) is 0 Å². The van der Waals surface area contributed by atoms with Gasteiger partial charge in [0.25, 0.3) is 0 Å². The lowest BCUT2D eigenvalue weighted by molar-refractivity contribution is -0.120. The molecule has 0 saturated heterocycles. The lowest BCUT2D eigenvalue weighted by atomic mass is 9.98. The van der Waals surface area contributed by atoms with E-state index in [1.807, 2.05) is 36.4 Å². The van der Waals surface area contributed by atoms with Gasteiger partial charge in [-0.2, -0.15) is 0 Å². The van der Waals surface area contributed by atoms with Gasteiger partial charge in [0.1, 0.15) is 11.4 Å². The highest BCUT2D eigenvalue weighted by Crippen LogP contribution is 2.28. The van der Waals surface area contributed by atoms with Gasteiger partial charge in [-0.3, -0.25) is 4.79 Å². The first-order valence-electron chi connectivity index (χ1n) is 5.06. The van der Waals surface area contributed by atoms with E-state index in [2.05, 4.69) is 15.9 Å². The highest BCUT2D eigenvalue weighted by Gasteiger charge is 2.25. The molecule has 0 aliphatic rings. The van der Waals surface area contributed by atoms with Crippen molar-refractivity contribution in [3.05, 3.63) is 40.4 Å². The topological polar surface area (TPSA) is 37.3 Å². The quantitative estimate of drug-likeness (QED) is 0.921. The number of hydrogen-bond donors (Lipinski definition) is 1. The molecule has 0 unspecified atom stereocenters. The van der Waals surface area contributed by atoms with E-state index >= 15 is 0 Å². The lowest BCUT2D eigenvalue weighted by Crippen LogP contribution is -2.27. The summed E-state index contributed by atoms with van der Waals surface area (Å²) in [7, 11) is 0. The van der Waals surface area contributed by atoms with Crippen LogP contribution in [0.15, 0.2) is 34.8 Å². The Labute approximate surface area is 104 Å². The number of benzene rings is 1. The molecule has 1 aromatic carbocycles. The highest BCUT2D eigenvalue weighted by molar-refractivity contribution is 9.11. The van der Waals surface area contributed by atoms with Crippen molar-refractivity contribution in [3.63, 3.8) is 0 Å². The zero-order valence-corrected chi connectivity index (χ0v) is 11.0. The standard InChI is InChI=1S/C13H15BrO2/c1-10(15)9-13(2,16)12(14)8-11-6-4-3-5-7-11/h3-8,16H,9H2,1-2H3/b12-8-/t13-/m1/s1. The fourth-order valence-corrected chi connectivity index (χ4v) is 1.82. The van der Waals surface area contributed by atoms with Gasteiger partial charge in [-0.15, -0.1) is 0 Å². The summed E-state index contributed by atoms with van der Waals surface area (Å²) in [5, 5.41) is 10.1. The van der Waals surface area contributed by atoms with Crippen LogP contribution in [0, 0.1) is 0 Å². The molecule has 86 valence electrons. The Morgan fingerprint density at radius 1 is 1.44 bits per heavy atom. The van der Waals surface area contributed by atoms with Crippen LogP contribution >= 0.6 is 15.9 Å². The Morgan fingerprint density at radius 2 is 2.00 bits per heavy atom. The van der Waals surface area contributed by atoms with Gasteiger partial charge in [-0.25, -0.2) is 0 Å². The Morgan fingerprint density at radius 3 is 2.50 bits per heavy atom. The summed E-state index contributed by atoms with van der Waals surface area (Å²) in [4.78, 5) is 11.0. The third-order valence-electron chi connectivity index (χ3n) is 2.20. The minimum Gasteiger partial charge on any atom is -0.384 e. The van der Waals surface area contributed by atoms with Crippen molar-refractivity contribution in [2.75, 3.05) is 0 Å². The first-order valence-corrected chi connectivity index (χ1v) is 5.85. The highest BCUT2D eigenvalue weighted by atomic mass is 79.9. The van der Waals surface area contributed by atoms with Crippen LogP contribution in [0.2, 0.25) is 0 Å². The van der Waals surface area contributed by atoms with E-state index in [9.17, 15) is 9.90 Å². The van der Waals surface area contributed by atoms with E-state index in [-0.39, 0.29) is 12.2 Å². The van der Waals surface area contributed by atoms with Gasteiger partial charge in [-0.05, 0) is 25.5 Å². The third-order valence-corrected chi connectivity index (χ3v) is 3.28. The number of Topliss-reactive ketones (excluding diaryl/α,β-unsaturated/α-hetero) is 1. The van der Waals surface area contributed by atoms with Crippen molar-refractivity contribution in [2.24, 2.45) is 0 Å². The van der Waals surface area contributed by atoms with E-state index in [0.717, 1.165) is 5.56 Å². The van der Waals surface area contributed by atoms with Gasteiger partial charge in [0, 0.05) is 10.9 Å². The van der Waals surface area contributed by atoms with Gasteiger partial charge >= 0.3 is 0 Å². The minimum atomic E-state index is -1.14. The monoisotopic (exact) mass is 282 g/mol. The number of hydrogen-bond acceptors (Lipinski definition) is 2. The summed E-state index contributed by atoms with van der Waals surface area (Å²) in [5.74, 6) is -0.0385. The fraction of sp³-hybridized carbons (Fsp3) is 0.308. The molecule has 0 aliphatic heterocycles. The van der Waals surface area contributed by atoms with Crippen molar-refractivity contribution in [1.29, 1.82) is 0 Å². The molecule has 0 aromatic heterocycles. The number of rotatable bonds is 4. The predicted octanol–water partition coefficient (Wildman–Crippen LogP) is 3.15. The van der Waals surface area contributed by atoms with Crippen molar-refractivity contribution in [1.82, 2.24) is 0 Å². The molecule has 16 heavy (non-hydrogen) atoms. The predicted molar refractivity (Wildman–Crippen MR) is 69.3 cm³/mol. The summed E-state index contributed by atoms with van der Waals surface area (Å²) in [6.07, 6.45) is 1.93. The van der Waals surface area contributed by atoms with E-state index in [1.54, 1.807) is 6.92 Å². The molecule has 1 atom stereocenters. The zero-order chi connectivity index (χ0) is 12.2. The molecule has 3 heteroatoms. The van der Waals surface area contributed by atoms with Crippen LogP contribution in [-0.4, -0.2) is 16.5 Å². The van der Waals surface area contributed by atoms with E-state index in [1.165, 1.54) is 6.92 Å². The average molecular weight is 283 g/mol. The first-order chi connectivity index (χ1) is 7.42. The zero-order valence-electron chi connectivity index (χ0n) is 9.40. The Hall–Kier alpha value is -0.930. The summed E-state index contributed by atoms with van der Waals surface area (Å²) in [6.45, 7) is 3.09. The molecule has 2 nitrogen and oxygen atoms in total. The molecule has 1 rings (SSSR count). The smallest absolute Gasteiger partial charge is 0.133 e. The number of carbonyl (C=O) groups is 1. The molecule has 0 fully saturated rings. The van der Waals surface area contributed by atoms with Crippen LogP contribution in [0.25, 0.3) is 6.08 Å². The molecule has 0 spiro atoms. The average Bonchev–Trinajstić information content (AvgIpc) is 2.17. The maximum absolute atomic E-state index is 11.0. The number of carbonyl (C=O) groups excluding carboxylic acids is 1. The van der Waals surface area contributed by atoms with Gasteiger partial charge in [0.05, 0.1) is 0 Å². The van der Waals surface area contributed by atoms with Gasteiger partial charge < -0.3 is 5.11 Å². The fourth-order valence-electron chi connectivity index (χ4n) is 1.42. The second kappa shape index (κ2) is 5.41. The van der Waals surface area contributed by atoms with Crippen LogP contribution in [0.4, 0.5) is 0 Å². The van der Waals surface area contributed by atoms with E-state index in [4.69, 9.17) is 0 Å². The molecule has 0 radical (unpaired) electrons. The molecule has 0 aliphatic carbocycles. The van der Waals surface area contributed by atoms with Crippen LogP contribution in [0.3, 0.4) is 0 Å². The third kappa shape index (κ3) is 3.91. The molecule has 1 aromatic rings. The molecule has 0 bridgehead atoms. The van der Waals surface area contributed by atoms with Crippen molar-refractivity contribution >= 4 is 27.8 Å². The second-order valence-electron chi connectivity index (χ2n) is 4.06. The minimum absolute atomic E-state index is 0.0385. The number of halogens is 1. The molecule has 0 heterocycles. The van der Waals surface area contributed by atoms with Crippen LogP contribution in [-0.2, 0) is 4.79 Å². The maximum Gasteiger partial charge on any atom is 0.133 e. The summed E-state index contributed by atoms with van der Waals surface area (Å²) in [5.41, 5.74) is -0.153. The summed E-state index contributed by atoms with van der Waals surface area (Å²) >= 11 is 3.32. The molecule has 1 N–H and O–H groups in total. The van der Waals surface area contributed by atoms with E-state index in [0.29, 0.717) is 4.48 Å². The second-order valence-corrected chi connectivity index (χ2v) is 4.91. The number of aliphatic hydroxyl groups is 1. The van der Waals surface area contributed by atoms with Crippen LogP contribution in [0.1, 0.15) is 25.8 Å². The Kier molecular flexibility index (Phi) is 4.44. The Bertz CT molecular complexity index is 394. The normalized spacial score (nSPS) is 15.6. The summed E-state index contributed by atoms with van der Waals surface area (Å²) in [6, 6.07) is 9.65. The number of ketones is 1. The molecule has 0 saturated carbocycles. The van der Waals surface area contributed by atoms with Crippen LogP contribution < -0.4 is 0 Å². The largest absolute Gasteiger partial charge is 0.384 e. The molecular weight excluding hydrogens is 268 g/mol. The van der Waals surface area contributed by atoms with Crippen molar-refractivity contribution < 1.29 is 9.90 Å². The Balaban J connectivity index is 2.88. The van der Waals surface area contributed by atoms with E-state index < -0.39 is 5.60 Å². The molecule has 0 amide bonds. The van der Waals surface area contributed by atoms with Gasteiger partial charge in [0.15, 0.2) is 0 Å². The maximum atomic E-state index is 11.0. The SMILES string of the molecule is CC(=O)C[C@@](C)(O)/C(Br)=C/c1ccccc1. The van der Waals surface area contributed by atoms with Gasteiger partial charge in [0.2, 0.25) is 0 Å². The van der Waals surface area contributed by atoms with Crippen molar-refractivity contribution in [2.45, 2.75) is 25.9 Å². The van der Waals surface area contributed by atoms with Crippen LogP contribution in [0.5, 0.6) is 0 Å². The lowest BCUT2D eigenvalue weighted by Gasteiger charge is -2.21.